The standard InChI is InChI=1S/C8H10BNO2/c10-9(8(11)12)6-7-4-2-1-3-5-7/h1-5H,6,10H2,(H,11,12). The van der Waals surface area contributed by atoms with E-state index in [1.165, 1.54) is 0 Å². The molecule has 1 rings (SSSR count). The molecule has 12 heavy (non-hydrogen) atoms. The van der Waals surface area contributed by atoms with Crippen LogP contribution < -0.4 is 5.64 Å². The van der Waals surface area contributed by atoms with E-state index < -0.39 is 12.7 Å². The molecule has 1 aromatic carbocycles. The van der Waals surface area contributed by atoms with Crippen LogP contribution in [0.1, 0.15) is 5.56 Å². The highest BCUT2D eigenvalue weighted by Crippen LogP contribution is 1.99. The Bertz CT molecular complexity index is 263. The van der Waals surface area contributed by atoms with Gasteiger partial charge < -0.3 is 10.8 Å². The highest BCUT2D eigenvalue weighted by atomic mass is 16.4. The molecule has 0 aliphatic heterocycles. The molecule has 0 bridgehead atoms. The van der Waals surface area contributed by atoms with Crippen LogP contribution in [0.15, 0.2) is 30.3 Å². The third-order valence-corrected chi connectivity index (χ3v) is 1.62. The molecule has 0 aliphatic carbocycles. The van der Waals surface area contributed by atoms with Gasteiger partial charge in [-0.1, -0.05) is 35.9 Å². The molecule has 0 heterocycles. The van der Waals surface area contributed by atoms with E-state index >= 15 is 0 Å². The van der Waals surface area contributed by atoms with Crippen LogP contribution in [0.5, 0.6) is 0 Å². The van der Waals surface area contributed by atoms with Gasteiger partial charge in [-0.3, -0.25) is 4.79 Å². The summed E-state index contributed by atoms with van der Waals surface area (Å²) in [6, 6.07) is 9.34. The van der Waals surface area contributed by atoms with Gasteiger partial charge in [-0.2, -0.15) is 0 Å². The van der Waals surface area contributed by atoms with Crippen LogP contribution in [0.25, 0.3) is 0 Å². The molecule has 4 heteroatoms. The molecule has 0 radical (unpaired) electrons. The summed E-state index contributed by atoms with van der Waals surface area (Å²) in [5, 5.41) is 8.52. The van der Waals surface area contributed by atoms with Crippen molar-refractivity contribution in [2.75, 3.05) is 0 Å². The van der Waals surface area contributed by atoms with Gasteiger partial charge in [0.25, 0.3) is 5.87 Å². The minimum absolute atomic E-state index is 0.385. The van der Waals surface area contributed by atoms with Crippen LogP contribution in [0.4, 0.5) is 4.79 Å². The van der Waals surface area contributed by atoms with E-state index in [1.807, 2.05) is 30.3 Å². The lowest BCUT2D eigenvalue weighted by Gasteiger charge is -2.01. The largest absolute Gasteiger partial charge is 0.488 e. The van der Waals surface area contributed by atoms with Crippen molar-refractivity contribution >= 4 is 12.7 Å². The van der Waals surface area contributed by atoms with Crippen LogP contribution in [-0.2, 0) is 6.32 Å². The van der Waals surface area contributed by atoms with E-state index in [9.17, 15) is 4.79 Å². The summed E-state index contributed by atoms with van der Waals surface area (Å²) in [5.74, 6) is -0.959. The van der Waals surface area contributed by atoms with Gasteiger partial charge in [0.15, 0.2) is 0 Å². The van der Waals surface area contributed by atoms with E-state index in [1.54, 1.807) is 0 Å². The van der Waals surface area contributed by atoms with Gasteiger partial charge >= 0.3 is 6.85 Å². The van der Waals surface area contributed by atoms with Gasteiger partial charge in [0.05, 0.1) is 0 Å². The van der Waals surface area contributed by atoms with E-state index in [0.29, 0.717) is 6.32 Å². The monoisotopic (exact) mass is 163 g/mol. The maximum atomic E-state index is 10.4. The van der Waals surface area contributed by atoms with Crippen molar-refractivity contribution in [3.05, 3.63) is 35.9 Å². The third-order valence-electron chi connectivity index (χ3n) is 1.62. The maximum absolute atomic E-state index is 10.4. The van der Waals surface area contributed by atoms with Crippen molar-refractivity contribution in [1.82, 2.24) is 0 Å². The van der Waals surface area contributed by atoms with E-state index in [4.69, 9.17) is 10.8 Å². The molecule has 0 spiro atoms. The summed E-state index contributed by atoms with van der Waals surface area (Å²) in [6.07, 6.45) is 0.385. The Kier molecular flexibility index (Phi) is 2.88. The van der Waals surface area contributed by atoms with Crippen LogP contribution in [-0.4, -0.2) is 17.8 Å². The SMILES string of the molecule is NB(Cc1ccccc1)C(=O)O. The zero-order valence-electron chi connectivity index (χ0n) is 6.60. The van der Waals surface area contributed by atoms with Crippen molar-refractivity contribution in [3.8, 4) is 0 Å². The smallest absolute Gasteiger partial charge is 0.357 e. The first-order chi connectivity index (χ1) is 5.70. The molecular weight excluding hydrogens is 153 g/mol. The van der Waals surface area contributed by atoms with Gasteiger partial charge in [0, 0.05) is 0 Å². The van der Waals surface area contributed by atoms with Crippen LogP contribution in [0, 0.1) is 0 Å². The molecule has 0 unspecified atom stereocenters. The molecule has 3 N–H and O–H groups in total. The Hall–Kier alpha value is -1.29. The minimum atomic E-state index is -0.959. The molecule has 62 valence electrons. The average molecular weight is 163 g/mol. The van der Waals surface area contributed by atoms with Crippen molar-refractivity contribution < 1.29 is 9.90 Å². The molecule has 0 fully saturated rings. The molecule has 0 saturated carbocycles. The van der Waals surface area contributed by atoms with Crippen molar-refractivity contribution in [1.29, 1.82) is 0 Å². The van der Waals surface area contributed by atoms with Crippen LogP contribution in [0.3, 0.4) is 0 Å². The Morgan fingerprint density at radius 3 is 2.50 bits per heavy atom. The van der Waals surface area contributed by atoms with Crippen molar-refractivity contribution in [2.24, 2.45) is 5.64 Å². The molecule has 0 aliphatic rings. The van der Waals surface area contributed by atoms with Gasteiger partial charge in [0.2, 0.25) is 0 Å². The minimum Gasteiger partial charge on any atom is -0.488 e. The Balaban J connectivity index is 2.58. The van der Waals surface area contributed by atoms with Gasteiger partial charge in [-0.05, 0) is 6.32 Å². The van der Waals surface area contributed by atoms with E-state index in [-0.39, 0.29) is 0 Å². The Morgan fingerprint density at radius 1 is 1.42 bits per heavy atom. The molecule has 0 atom stereocenters. The summed E-state index contributed by atoms with van der Waals surface area (Å²) in [5.41, 5.74) is 6.30. The van der Waals surface area contributed by atoms with Crippen molar-refractivity contribution in [3.63, 3.8) is 0 Å². The second-order valence-electron chi connectivity index (χ2n) is 2.63. The summed E-state index contributed by atoms with van der Waals surface area (Å²) < 4.78 is 0. The fraction of sp³-hybridized carbons (Fsp3) is 0.125. The molecule has 3 nitrogen and oxygen atoms in total. The summed E-state index contributed by atoms with van der Waals surface area (Å²) in [6.45, 7) is -0.799. The first-order valence-electron chi connectivity index (χ1n) is 3.72. The van der Waals surface area contributed by atoms with Crippen molar-refractivity contribution in [2.45, 2.75) is 6.32 Å². The number of hydrogen-bond donors (Lipinski definition) is 2. The average Bonchev–Trinajstić information content (AvgIpc) is 2.06. The predicted molar refractivity (Wildman–Crippen MR) is 48.1 cm³/mol. The Labute approximate surface area is 71.3 Å². The van der Waals surface area contributed by atoms with Crippen LogP contribution >= 0.6 is 0 Å². The van der Waals surface area contributed by atoms with Crippen LogP contribution in [0.2, 0.25) is 0 Å². The molecule has 0 aromatic heterocycles. The van der Waals surface area contributed by atoms with E-state index in [0.717, 1.165) is 5.56 Å². The van der Waals surface area contributed by atoms with E-state index in [2.05, 4.69) is 0 Å². The highest BCUT2D eigenvalue weighted by molar-refractivity contribution is 6.85. The molecule has 1 aromatic rings. The maximum Gasteiger partial charge on any atom is 0.357 e. The quantitative estimate of drug-likeness (QED) is 0.652. The number of nitrogens with two attached hydrogens (primary N) is 1. The fourth-order valence-electron chi connectivity index (χ4n) is 0.955. The van der Waals surface area contributed by atoms with Gasteiger partial charge in [0.1, 0.15) is 0 Å². The number of carboxylic acid groups (broad SMARTS) is 1. The first kappa shape index (κ1) is 8.81. The lowest BCUT2D eigenvalue weighted by atomic mass is 9.59. The molecule has 0 amide bonds. The third kappa shape index (κ3) is 2.40. The number of rotatable bonds is 3. The zero-order chi connectivity index (χ0) is 8.97. The zero-order valence-corrected chi connectivity index (χ0v) is 6.60. The second-order valence-corrected chi connectivity index (χ2v) is 2.63. The molecular formula is C8H10BNO2. The number of benzene rings is 1. The fourth-order valence-corrected chi connectivity index (χ4v) is 0.955. The predicted octanol–water partition coefficient (Wildman–Crippen LogP) is 0.978. The number of carbonyl (C=O) groups is 1. The summed E-state index contributed by atoms with van der Waals surface area (Å²) >= 11 is 0. The van der Waals surface area contributed by atoms with Gasteiger partial charge in [-0.15, -0.1) is 0 Å². The second kappa shape index (κ2) is 3.92. The number of hydrogen-bond acceptors (Lipinski definition) is 2. The lowest BCUT2D eigenvalue weighted by molar-refractivity contribution is 0.218. The normalized spacial score (nSPS) is 9.42. The Morgan fingerprint density at radius 2 is 2.00 bits per heavy atom. The topological polar surface area (TPSA) is 63.3 Å². The lowest BCUT2D eigenvalue weighted by Crippen LogP contribution is -2.37. The summed E-state index contributed by atoms with van der Waals surface area (Å²) in [7, 11) is 0. The highest BCUT2D eigenvalue weighted by Gasteiger charge is 2.17. The first-order valence-corrected chi connectivity index (χ1v) is 3.72. The summed E-state index contributed by atoms with van der Waals surface area (Å²) in [4.78, 5) is 10.4. The molecule has 0 saturated heterocycles. The van der Waals surface area contributed by atoms with Gasteiger partial charge in [-0.25, -0.2) is 0 Å².